The molecule has 1 rings (SSSR count). The molecule has 4 heteroatoms. The van der Waals surface area contributed by atoms with Gasteiger partial charge in [0, 0.05) is 17.7 Å². The molecule has 1 N–H and O–H groups in total. The van der Waals surface area contributed by atoms with Crippen molar-refractivity contribution in [1.82, 2.24) is 5.32 Å². The van der Waals surface area contributed by atoms with Crippen molar-refractivity contribution < 1.29 is 4.92 Å². The Morgan fingerprint density at radius 1 is 1.35 bits per heavy atom. The van der Waals surface area contributed by atoms with Crippen LogP contribution in [0.5, 0.6) is 0 Å². The minimum absolute atomic E-state index is 0.235. The molecular weight excluding hydrogens is 216 g/mol. The number of para-hydroxylation sites is 1. The summed E-state index contributed by atoms with van der Waals surface area (Å²) in [6.45, 7) is 5.15. The summed E-state index contributed by atoms with van der Waals surface area (Å²) in [6, 6.07) is 7.43. The molecule has 0 aliphatic carbocycles. The summed E-state index contributed by atoms with van der Waals surface area (Å²) < 4.78 is 0. The summed E-state index contributed by atoms with van der Waals surface area (Å²) in [5.41, 5.74) is 1.06. The Kier molecular flexibility index (Phi) is 5.63. The molecule has 0 aliphatic heterocycles. The zero-order chi connectivity index (χ0) is 12.7. The molecule has 0 spiro atoms. The maximum absolute atomic E-state index is 10.9. The van der Waals surface area contributed by atoms with Gasteiger partial charge < -0.3 is 5.32 Å². The normalized spacial score (nSPS) is 12.4. The van der Waals surface area contributed by atoms with Crippen LogP contribution in [0.3, 0.4) is 0 Å². The fourth-order valence-corrected chi connectivity index (χ4v) is 1.97. The highest BCUT2D eigenvalue weighted by atomic mass is 16.6. The first-order chi connectivity index (χ1) is 8.19. The number of hydrogen-bond acceptors (Lipinski definition) is 3. The zero-order valence-electron chi connectivity index (χ0n) is 10.5. The smallest absolute Gasteiger partial charge is 0.272 e. The predicted octanol–water partition coefficient (Wildman–Crippen LogP) is 2.92. The lowest BCUT2D eigenvalue weighted by Crippen LogP contribution is -2.28. The topological polar surface area (TPSA) is 55.2 Å². The summed E-state index contributed by atoms with van der Waals surface area (Å²) in [5, 5.41) is 14.2. The number of rotatable bonds is 7. The molecule has 17 heavy (non-hydrogen) atoms. The van der Waals surface area contributed by atoms with E-state index in [0.29, 0.717) is 6.04 Å². The van der Waals surface area contributed by atoms with Crippen molar-refractivity contribution in [3.8, 4) is 0 Å². The van der Waals surface area contributed by atoms with E-state index in [2.05, 4.69) is 19.2 Å². The van der Waals surface area contributed by atoms with Gasteiger partial charge >= 0.3 is 0 Å². The van der Waals surface area contributed by atoms with Gasteiger partial charge in [-0.1, -0.05) is 32.0 Å². The first-order valence-corrected chi connectivity index (χ1v) is 6.14. The molecule has 94 valence electrons. The van der Waals surface area contributed by atoms with Gasteiger partial charge in [0.1, 0.15) is 0 Å². The van der Waals surface area contributed by atoms with Gasteiger partial charge in [0.15, 0.2) is 0 Å². The third kappa shape index (κ3) is 4.15. The number of nitro groups is 1. The molecule has 1 atom stereocenters. The van der Waals surface area contributed by atoms with Crippen LogP contribution in [0.4, 0.5) is 5.69 Å². The molecular formula is C13H20N2O2. The Bertz CT molecular complexity index is 366. The Morgan fingerprint density at radius 2 is 2.06 bits per heavy atom. The van der Waals surface area contributed by atoms with Gasteiger partial charge in [-0.3, -0.25) is 10.1 Å². The number of nitrogens with zero attached hydrogens (tertiary/aromatic N) is 1. The van der Waals surface area contributed by atoms with Gasteiger partial charge in [-0.05, 0) is 25.8 Å². The molecule has 0 bridgehead atoms. The highest BCUT2D eigenvalue weighted by Gasteiger charge is 2.13. The van der Waals surface area contributed by atoms with Crippen LogP contribution < -0.4 is 5.32 Å². The van der Waals surface area contributed by atoms with Crippen LogP contribution in [0.2, 0.25) is 0 Å². The highest BCUT2D eigenvalue weighted by molar-refractivity contribution is 5.39. The van der Waals surface area contributed by atoms with E-state index in [1.165, 1.54) is 0 Å². The van der Waals surface area contributed by atoms with Crippen LogP contribution in [0.1, 0.15) is 32.3 Å². The van der Waals surface area contributed by atoms with Crippen molar-refractivity contribution in [3.05, 3.63) is 39.9 Å². The van der Waals surface area contributed by atoms with E-state index in [9.17, 15) is 10.1 Å². The Hall–Kier alpha value is -1.42. The third-order valence-electron chi connectivity index (χ3n) is 2.94. The van der Waals surface area contributed by atoms with Gasteiger partial charge in [-0.2, -0.15) is 0 Å². The van der Waals surface area contributed by atoms with Crippen molar-refractivity contribution >= 4 is 5.69 Å². The molecule has 0 aliphatic rings. The lowest BCUT2D eigenvalue weighted by atomic mass is 10.0. The fraction of sp³-hybridized carbons (Fsp3) is 0.538. The maximum Gasteiger partial charge on any atom is 0.272 e. The first kappa shape index (κ1) is 13.6. The van der Waals surface area contributed by atoms with Crippen LogP contribution in [-0.4, -0.2) is 17.5 Å². The number of nitrogens with one attached hydrogen (secondary N) is 1. The summed E-state index contributed by atoms with van der Waals surface area (Å²) >= 11 is 0. The minimum Gasteiger partial charge on any atom is -0.314 e. The van der Waals surface area contributed by atoms with Crippen molar-refractivity contribution in [1.29, 1.82) is 0 Å². The number of hydrogen-bond donors (Lipinski definition) is 1. The van der Waals surface area contributed by atoms with Crippen LogP contribution in [0.25, 0.3) is 0 Å². The summed E-state index contributed by atoms with van der Waals surface area (Å²) in [7, 11) is 0. The van der Waals surface area contributed by atoms with Crippen molar-refractivity contribution in [2.45, 2.75) is 39.2 Å². The molecule has 1 aromatic rings. The van der Waals surface area contributed by atoms with Gasteiger partial charge in [0.2, 0.25) is 0 Å². The van der Waals surface area contributed by atoms with Crippen molar-refractivity contribution in [2.75, 3.05) is 6.54 Å². The molecule has 4 nitrogen and oxygen atoms in total. The van der Waals surface area contributed by atoms with E-state index in [4.69, 9.17) is 0 Å². The summed E-state index contributed by atoms with van der Waals surface area (Å²) in [5.74, 6) is 0. The predicted molar refractivity (Wildman–Crippen MR) is 69.2 cm³/mol. The largest absolute Gasteiger partial charge is 0.314 e. The molecule has 0 radical (unpaired) electrons. The summed E-state index contributed by atoms with van der Waals surface area (Å²) in [6.07, 6.45) is 2.74. The average molecular weight is 236 g/mol. The van der Waals surface area contributed by atoms with Crippen molar-refractivity contribution in [3.63, 3.8) is 0 Å². The van der Waals surface area contributed by atoms with Gasteiger partial charge in [0.05, 0.1) is 4.92 Å². The molecule has 0 saturated carbocycles. The molecule has 0 amide bonds. The number of nitro benzene ring substituents is 1. The Labute approximate surface area is 102 Å². The van der Waals surface area contributed by atoms with E-state index < -0.39 is 0 Å². The van der Waals surface area contributed by atoms with Crippen LogP contribution in [0, 0.1) is 10.1 Å². The lowest BCUT2D eigenvalue weighted by molar-refractivity contribution is -0.385. The molecule has 1 unspecified atom stereocenters. The minimum atomic E-state index is -0.302. The second-order valence-corrected chi connectivity index (χ2v) is 4.09. The molecule has 0 aromatic heterocycles. The monoisotopic (exact) mass is 236 g/mol. The maximum atomic E-state index is 10.9. The quantitative estimate of drug-likeness (QED) is 0.585. The molecule has 0 fully saturated rings. The van der Waals surface area contributed by atoms with Gasteiger partial charge in [-0.25, -0.2) is 0 Å². The third-order valence-corrected chi connectivity index (χ3v) is 2.94. The number of benzene rings is 1. The molecule has 1 aromatic carbocycles. The molecule has 0 heterocycles. The average Bonchev–Trinajstić information content (AvgIpc) is 2.34. The SMILES string of the molecule is CCNC(CC)CCc1ccccc1[N+](=O)[O-]. The second kappa shape index (κ2) is 7.01. The lowest BCUT2D eigenvalue weighted by Gasteiger charge is -2.15. The van der Waals surface area contributed by atoms with E-state index in [-0.39, 0.29) is 10.6 Å². The standard InChI is InChI=1S/C13H20N2O2/c1-3-12(14-4-2)10-9-11-7-5-6-8-13(11)15(16)17/h5-8,12,14H,3-4,9-10H2,1-2H3. The van der Waals surface area contributed by atoms with Crippen LogP contribution >= 0.6 is 0 Å². The number of aryl methyl sites for hydroxylation is 1. The van der Waals surface area contributed by atoms with E-state index in [1.54, 1.807) is 12.1 Å². The van der Waals surface area contributed by atoms with Crippen molar-refractivity contribution in [2.24, 2.45) is 0 Å². The van der Waals surface area contributed by atoms with Gasteiger partial charge in [-0.15, -0.1) is 0 Å². The Balaban J connectivity index is 2.65. The second-order valence-electron chi connectivity index (χ2n) is 4.09. The molecule has 0 saturated heterocycles. The fourth-order valence-electron chi connectivity index (χ4n) is 1.97. The van der Waals surface area contributed by atoms with Crippen LogP contribution in [-0.2, 0) is 6.42 Å². The van der Waals surface area contributed by atoms with Crippen LogP contribution in [0.15, 0.2) is 24.3 Å². The Morgan fingerprint density at radius 3 is 2.65 bits per heavy atom. The van der Waals surface area contributed by atoms with Gasteiger partial charge in [0.25, 0.3) is 5.69 Å². The highest BCUT2D eigenvalue weighted by Crippen LogP contribution is 2.20. The van der Waals surface area contributed by atoms with E-state index in [1.807, 2.05) is 12.1 Å². The summed E-state index contributed by atoms with van der Waals surface area (Å²) in [4.78, 5) is 10.5. The first-order valence-electron chi connectivity index (χ1n) is 6.14. The van der Waals surface area contributed by atoms with E-state index >= 15 is 0 Å². The zero-order valence-corrected chi connectivity index (χ0v) is 10.5. The van der Waals surface area contributed by atoms with E-state index in [0.717, 1.165) is 31.4 Å².